The second-order valence-corrected chi connectivity index (χ2v) is 9.36. The van der Waals surface area contributed by atoms with E-state index in [2.05, 4.69) is 15.9 Å². The van der Waals surface area contributed by atoms with E-state index in [-0.39, 0.29) is 10.2 Å². The lowest BCUT2D eigenvalue weighted by molar-refractivity contribution is -0.138. The van der Waals surface area contributed by atoms with E-state index in [1.54, 1.807) is 19.1 Å². The zero-order chi connectivity index (χ0) is 18.3. The van der Waals surface area contributed by atoms with Crippen molar-refractivity contribution in [1.29, 1.82) is 0 Å². The summed E-state index contributed by atoms with van der Waals surface area (Å²) in [7, 11) is -1.38. The van der Waals surface area contributed by atoms with Gasteiger partial charge in [-0.05, 0) is 25.1 Å². The minimum atomic E-state index is -4.62. The Morgan fingerprint density at radius 2 is 1.92 bits per heavy atom. The lowest BCUT2D eigenvalue weighted by atomic mass is 9.78. The first-order valence-electron chi connectivity index (χ1n) is 7.42. The fourth-order valence-electron chi connectivity index (χ4n) is 3.95. The van der Waals surface area contributed by atoms with Crippen LogP contribution in [-0.4, -0.2) is 26.0 Å². The van der Waals surface area contributed by atoms with Crippen LogP contribution in [-0.2, 0) is 26.6 Å². The molecule has 5 atom stereocenters. The molecule has 2 saturated heterocycles. The fourth-order valence-corrected chi connectivity index (χ4v) is 6.48. The third-order valence-corrected chi connectivity index (χ3v) is 8.03. The Morgan fingerprint density at radius 1 is 1.24 bits per heavy atom. The Labute approximate surface area is 151 Å². The molecule has 132 valence electrons. The molecular weight excluding hydrogens is 423 g/mol. The van der Waals surface area contributed by atoms with Gasteiger partial charge in [-0.15, -0.1) is 0 Å². The molecule has 3 aliphatic heterocycles. The average Bonchev–Trinajstić information content (AvgIpc) is 3.04. The molecule has 0 aromatic heterocycles. The van der Waals surface area contributed by atoms with Gasteiger partial charge in [-0.1, -0.05) is 28.1 Å². The van der Waals surface area contributed by atoms with Crippen molar-refractivity contribution < 1.29 is 27.0 Å². The summed E-state index contributed by atoms with van der Waals surface area (Å²) in [5.74, 6) is -2.75. The van der Waals surface area contributed by atoms with Gasteiger partial charge in [-0.2, -0.15) is 13.2 Å². The zero-order valence-electron chi connectivity index (χ0n) is 12.7. The van der Waals surface area contributed by atoms with Crippen LogP contribution in [0.2, 0.25) is 0 Å². The molecule has 2 amide bonds. The van der Waals surface area contributed by atoms with Gasteiger partial charge < -0.3 is 0 Å². The van der Waals surface area contributed by atoms with Crippen molar-refractivity contribution in [2.75, 3.05) is 4.90 Å². The lowest BCUT2D eigenvalue weighted by Crippen LogP contribution is -2.39. The normalized spacial score (nSPS) is 36.4. The molecule has 2 fully saturated rings. The maximum absolute atomic E-state index is 13.1. The summed E-state index contributed by atoms with van der Waals surface area (Å²) in [5, 5.41) is -0.561. The van der Waals surface area contributed by atoms with Gasteiger partial charge in [0.25, 0.3) is 0 Å². The van der Waals surface area contributed by atoms with E-state index >= 15 is 0 Å². The first-order chi connectivity index (χ1) is 11.6. The van der Waals surface area contributed by atoms with Crippen molar-refractivity contribution in [2.24, 2.45) is 11.8 Å². The summed E-state index contributed by atoms with van der Waals surface area (Å²) in [4.78, 5) is 26.4. The molecule has 3 unspecified atom stereocenters. The van der Waals surface area contributed by atoms with E-state index in [0.29, 0.717) is 0 Å². The van der Waals surface area contributed by atoms with Crippen molar-refractivity contribution in [2.45, 2.75) is 23.1 Å². The highest BCUT2D eigenvalue weighted by Crippen LogP contribution is 2.54. The number of nitrogens with zero attached hydrogens (tertiary/aromatic N) is 1. The molecule has 1 aromatic carbocycles. The van der Waals surface area contributed by atoms with Crippen molar-refractivity contribution in [3.63, 3.8) is 0 Å². The SMILES string of the molecule is CC12C=CC([C@@H]3C(=O)N(c4ccc(Br)c(C(F)(F)F)c4)C(=O)[C@@H]31)S2=O. The predicted molar refractivity (Wildman–Crippen MR) is 88.1 cm³/mol. The Bertz CT molecular complexity index is 884. The molecule has 25 heavy (non-hydrogen) atoms. The van der Waals surface area contributed by atoms with E-state index in [1.165, 1.54) is 12.1 Å². The quantitative estimate of drug-likeness (QED) is 0.505. The van der Waals surface area contributed by atoms with Crippen molar-refractivity contribution in [1.82, 2.24) is 0 Å². The highest BCUT2D eigenvalue weighted by molar-refractivity contribution is 9.10. The van der Waals surface area contributed by atoms with Crippen LogP contribution in [0.1, 0.15) is 12.5 Å². The fraction of sp³-hybridized carbons (Fsp3) is 0.375. The van der Waals surface area contributed by atoms with Crippen molar-refractivity contribution >= 4 is 44.2 Å². The third kappa shape index (κ3) is 2.08. The van der Waals surface area contributed by atoms with E-state index in [4.69, 9.17) is 0 Å². The van der Waals surface area contributed by atoms with Crippen molar-refractivity contribution in [3.05, 3.63) is 40.4 Å². The smallest absolute Gasteiger partial charge is 0.274 e. The highest BCUT2D eigenvalue weighted by atomic mass is 79.9. The summed E-state index contributed by atoms with van der Waals surface area (Å²) in [6.45, 7) is 1.65. The first-order valence-corrected chi connectivity index (χ1v) is 9.42. The number of benzene rings is 1. The summed E-state index contributed by atoms with van der Waals surface area (Å²) in [5.41, 5.74) is -1.08. The number of imide groups is 1. The molecule has 0 N–H and O–H groups in total. The second-order valence-electron chi connectivity index (χ2n) is 6.48. The van der Waals surface area contributed by atoms with E-state index < -0.39 is 56.2 Å². The van der Waals surface area contributed by atoms with Crippen molar-refractivity contribution in [3.8, 4) is 0 Å². The second kappa shape index (κ2) is 5.03. The van der Waals surface area contributed by atoms with Crippen LogP contribution < -0.4 is 4.90 Å². The molecule has 3 heterocycles. The first kappa shape index (κ1) is 17.0. The number of fused-ring (bicyclic) bond motifs is 5. The van der Waals surface area contributed by atoms with E-state index in [0.717, 1.165) is 11.0 Å². The Morgan fingerprint density at radius 3 is 2.52 bits per heavy atom. The standard InChI is InChI=1S/C16H11BrF3NO3S/c1-15-5-4-10(25(15)24)11-12(15)14(23)21(13(11)22)7-2-3-9(17)8(6-7)16(18,19)20/h2-6,10-12H,1H3/t10?,11-,12+,15?,25?/m0/s1. The van der Waals surface area contributed by atoms with E-state index in [9.17, 15) is 27.0 Å². The molecule has 4 rings (SSSR count). The third-order valence-electron chi connectivity index (χ3n) is 5.13. The summed E-state index contributed by atoms with van der Waals surface area (Å²) >= 11 is 2.84. The molecule has 1 aromatic rings. The molecule has 4 nitrogen and oxygen atoms in total. The van der Waals surface area contributed by atoms with E-state index in [1.807, 2.05) is 0 Å². The molecule has 3 aliphatic rings. The Kier molecular flexibility index (Phi) is 3.41. The van der Waals surface area contributed by atoms with Crippen LogP contribution in [0.15, 0.2) is 34.8 Å². The monoisotopic (exact) mass is 433 g/mol. The maximum Gasteiger partial charge on any atom is 0.417 e. The molecule has 2 bridgehead atoms. The molecule has 0 aliphatic carbocycles. The number of halogens is 4. The Hall–Kier alpha value is -1.48. The number of anilines is 1. The topological polar surface area (TPSA) is 54.5 Å². The molecule has 0 spiro atoms. The van der Waals surface area contributed by atoms with Gasteiger partial charge in [0.15, 0.2) is 0 Å². The minimum Gasteiger partial charge on any atom is -0.274 e. The van der Waals surface area contributed by atoms with Gasteiger partial charge in [-0.3, -0.25) is 13.8 Å². The van der Waals surface area contributed by atoms with Gasteiger partial charge in [0.1, 0.15) is 0 Å². The van der Waals surface area contributed by atoms with Crippen LogP contribution >= 0.6 is 15.9 Å². The molecule has 0 radical (unpaired) electrons. The van der Waals surface area contributed by atoms with Gasteiger partial charge in [-0.25, -0.2) is 4.90 Å². The molecule has 9 heteroatoms. The molecular formula is C16H11BrF3NO3S. The lowest BCUT2D eigenvalue weighted by Gasteiger charge is -2.24. The van der Waals surface area contributed by atoms with Crippen LogP contribution in [0.3, 0.4) is 0 Å². The summed E-state index contributed by atoms with van der Waals surface area (Å²) in [6.07, 6.45) is -1.26. The number of carbonyl (C=O) groups excluding carboxylic acids is 2. The number of hydrogen-bond donors (Lipinski definition) is 0. The minimum absolute atomic E-state index is 0.117. The zero-order valence-corrected chi connectivity index (χ0v) is 15.1. The van der Waals surface area contributed by atoms with Gasteiger partial charge >= 0.3 is 6.18 Å². The predicted octanol–water partition coefficient (Wildman–Crippen LogP) is 3.03. The number of hydrogen-bond acceptors (Lipinski definition) is 3. The van der Waals surface area contributed by atoms with Gasteiger partial charge in [0.2, 0.25) is 11.8 Å². The number of carbonyl (C=O) groups is 2. The Balaban J connectivity index is 1.79. The van der Waals surface area contributed by atoms with Crippen LogP contribution in [0.4, 0.5) is 18.9 Å². The molecule has 0 saturated carbocycles. The van der Waals surface area contributed by atoms with Crippen LogP contribution in [0.5, 0.6) is 0 Å². The van der Waals surface area contributed by atoms with Gasteiger partial charge in [0.05, 0.1) is 33.1 Å². The summed E-state index contributed by atoms with van der Waals surface area (Å²) in [6, 6.07) is 3.25. The maximum atomic E-state index is 13.1. The number of alkyl halides is 3. The highest BCUT2D eigenvalue weighted by Gasteiger charge is 2.68. The summed E-state index contributed by atoms with van der Waals surface area (Å²) < 4.78 is 50.7. The van der Waals surface area contributed by atoms with Crippen LogP contribution in [0.25, 0.3) is 0 Å². The number of amides is 2. The largest absolute Gasteiger partial charge is 0.417 e. The number of rotatable bonds is 1. The van der Waals surface area contributed by atoms with Crippen LogP contribution in [0, 0.1) is 11.8 Å². The van der Waals surface area contributed by atoms with Gasteiger partial charge in [0, 0.05) is 15.3 Å². The average molecular weight is 434 g/mol.